The number of aromatic nitrogens is 4. The zero-order valence-corrected chi connectivity index (χ0v) is 19.0. The fourth-order valence-corrected chi connectivity index (χ4v) is 3.52. The van der Waals surface area contributed by atoms with E-state index in [1.165, 1.54) is 6.08 Å². The lowest BCUT2D eigenvalue weighted by Crippen LogP contribution is -2.48. The number of H-pyrrole nitrogens is 1. The van der Waals surface area contributed by atoms with Gasteiger partial charge >= 0.3 is 12.4 Å². The number of carbonyl (C=O) groups is 1. The lowest BCUT2D eigenvalue weighted by Gasteiger charge is -2.34. The van der Waals surface area contributed by atoms with Crippen LogP contribution in [0.1, 0.15) is 30.9 Å². The molecule has 0 radical (unpaired) electrons. The molecule has 3 heterocycles. The molecule has 196 valence electrons. The van der Waals surface area contributed by atoms with Gasteiger partial charge in [0.25, 0.3) is 5.56 Å². The standard InChI is InChI=1S/C21H23F6N7O2/c1-13(31-15-12-30-32-18(36)17(15)21(25,26)27)4-2-3-5-16(35)33-6-8-34(9-7-33)19-28-10-14(11-29-19)20(22,23)24/h3,5,10-13H,2,4,6-9H2,1H3,(H2,31,32,36)/b5-3+. The average molecular weight is 519 g/mol. The fourth-order valence-electron chi connectivity index (χ4n) is 3.52. The molecule has 36 heavy (non-hydrogen) atoms. The van der Waals surface area contributed by atoms with Crippen molar-refractivity contribution >= 4 is 17.5 Å². The molecule has 2 aromatic rings. The summed E-state index contributed by atoms with van der Waals surface area (Å²) in [6, 6.07) is -0.443. The van der Waals surface area contributed by atoms with Gasteiger partial charge in [-0.25, -0.2) is 15.1 Å². The first kappa shape index (κ1) is 26.9. The van der Waals surface area contributed by atoms with E-state index in [4.69, 9.17) is 0 Å². The van der Waals surface area contributed by atoms with Gasteiger partial charge in [0.1, 0.15) is 5.56 Å². The van der Waals surface area contributed by atoms with Gasteiger partial charge in [-0.3, -0.25) is 9.59 Å². The summed E-state index contributed by atoms with van der Waals surface area (Å²) in [6.07, 6.45) is -3.29. The molecular weight excluding hydrogens is 496 g/mol. The summed E-state index contributed by atoms with van der Waals surface area (Å²) >= 11 is 0. The SMILES string of the molecule is CC(CC/C=C/C(=O)N1CCN(c2ncc(C(F)(F)F)cn2)CC1)Nc1cn[nH]c(=O)c1C(F)(F)F. The Balaban J connectivity index is 1.45. The molecule has 0 aliphatic carbocycles. The van der Waals surface area contributed by atoms with Crippen LogP contribution >= 0.6 is 0 Å². The van der Waals surface area contributed by atoms with Gasteiger partial charge in [-0.15, -0.1) is 0 Å². The number of anilines is 2. The van der Waals surface area contributed by atoms with Crippen molar-refractivity contribution < 1.29 is 31.1 Å². The van der Waals surface area contributed by atoms with E-state index in [2.05, 4.69) is 20.4 Å². The molecule has 0 spiro atoms. The second-order valence-corrected chi connectivity index (χ2v) is 8.09. The monoisotopic (exact) mass is 519 g/mol. The first-order chi connectivity index (χ1) is 16.9. The van der Waals surface area contributed by atoms with Crippen LogP contribution in [0.4, 0.5) is 38.0 Å². The Morgan fingerprint density at radius 2 is 1.72 bits per heavy atom. The molecule has 1 atom stereocenters. The Bertz CT molecular complexity index is 1120. The van der Waals surface area contributed by atoms with E-state index in [0.29, 0.717) is 39.0 Å². The third kappa shape index (κ3) is 6.95. The number of carbonyl (C=O) groups excluding carboxylic acids is 1. The number of halogens is 6. The lowest BCUT2D eigenvalue weighted by molar-refractivity contribution is -0.139. The highest BCUT2D eigenvalue weighted by Gasteiger charge is 2.37. The van der Waals surface area contributed by atoms with Gasteiger partial charge in [-0.2, -0.15) is 31.4 Å². The first-order valence-electron chi connectivity index (χ1n) is 10.9. The molecule has 2 N–H and O–H groups in total. The van der Waals surface area contributed by atoms with Crippen LogP contribution in [0.3, 0.4) is 0 Å². The Labute approximate surface area is 201 Å². The normalized spacial score (nSPS) is 15.9. The van der Waals surface area contributed by atoms with Crippen molar-refractivity contribution in [2.24, 2.45) is 0 Å². The molecule has 0 saturated carbocycles. The summed E-state index contributed by atoms with van der Waals surface area (Å²) in [6.45, 7) is 2.97. The van der Waals surface area contributed by atoms with Gasteiger partial charge in [-0.1, -0.05) is 6.08 Å². The third-order valence-corrected chi connectivity index (χ3v) is 5.41. The minimum absolute atomic E-state index is 0.149. The van der Waals surface area contributed by atoms with Crippen LogP contribution in [-0.4, -0.2) is 63.2 Å². The minimum Gasteiger partial charge on any atom is -0.381 e. The molecule has 0 aromatic carbocycles. The average Bonchev–Trinajstić information content (AvgIpc) is 2.80. The van der Waals surface area contributed by atoms with Crippen LogP contribution in [0.25, 0.3) is 0 Å². The molecule has 3 rings (SSSR count). The highest BCUT2D eigenvalue weighted by Crippen LogP contribution is 2.32. The van der Waals surface area contributed by atoms with Gasteiger partial charge < -0.3 is 15.1 Å². The second-order valence-electron chi connectivity index (χ2n) is 8.09. The molecular formula is C21H23F6N7O2. The molecule has 0 bridgehead atoms. The number of nitrogens with one attached hydrogen (secondary N) is 2. The molecule has 9 nitrogen and oxygen atoms in total. The van der Waals surface area contributed by atoms with E-state index >= 15 is 0 Å². The maximum atomic E-state index is 13.1. The Kier molecular flexibility index (Phi) is 8.20. The van der Waals surface area contributed by atoms with Gasteiger partial charge in [-0.05, 0) is 25.8 Å². The van der Waals surface area contributed by atoms with Gasteiger partial charge in [0, 0.05) is 44.6 Å². The molecule has 1 unspecified atom stereocenters. The zero-order chi connectivity index (χ0) is 26.5. The number of piperazine rings is 1. The van der Waals surface area contributed by atoms with Crippen LogP contribution in [0.15, 0.2) is 35.5 Å². The van der Waals surface area contributed by atoms with Crippen molar-refractivity contribution in [2.45, 2.75) is 38.2 Å². The second kappa shape index (κ2) is 11.0. The predicted octanol–water partition coefficient (Wildman–Crippen LogP) is 3.08. The van der Waals surface area contributed by atoms with Crippen LogP contribution in [0, 0.1) is 0 Å². The van der Waals surface area contributed by atoms with E-state index in [0.717, 1.165) is 18.6 Å². The van der Waals surface area contributed by atoms with Crippen molar-refractivity contribution in [1.82, 2.24) is 25.1 Å². The minimum atomic E-state index is -4.84. The number of hydrogen-bond acceptors (Lipinski definition) is 7. The molecule has 2 aromatic heterocycles. The van der Waals surface area contributed by atoms with Crippen molar-refractivity contribution in [2.75, 3.05) is 36.4 Å². The van der Waals surface area contributed by atoms with Crippen molar-refractivity contribution in [1.29, 1.82) is 0 Å². The van der Waals surface area contributed by atoms with Gasteiger partial charge in [0.05, 0.1) is 17.4 Å². The summed E-state index contributed by atoms with van der Waals surface area (Å²) in [4.78, 5) is 34.7. The number of allylic oxidation sites excluding steroid dienone is 1. The van der Waals surface area contributed by atoms with Gasteiger partial charge in [0.2, 0.25) is 11.9 Å². The fraction of sp³-hybridized carbons (Fsp3) is 0.476. The predicted molar refractivity (Wildman–Crippen MR) is 117 cm³/mol. The highest BCUT2D eigenvalue weighted by molar-refractivity contribution is 5.87. The maximum Gasteiger partial charge on any atom is 0.423 e. The maximum absolute atomic E-state index is 13.1. The Morgan fingerprint density at radius 1 is 1.08 bits per heavy atom. The molecule has 1 saturated heterocycles. The molecule has 1 aliphatic rings. The smallest absolute Gasteiger partial charge is 0.381 e. The number of rotatable bonds is 7. The molecule has 1 fully saturated rings. The van der Waals surface area contributed by atoms with Crippen LogP contribution in [0.2, 0.25) is 0 Å². The number of nitrogens with zero attached hydrogens (tertiary/aromatic N) is 5. The van der Waals surface area contributed by atoms with Crippen molar-refractivity contribution in [3.8, 4) is 0 Å². The zero-order valence-electron chi connectivity index (χ0n) is 19.0. The van der Waals surface area contributed by atoms with Crippen LogP contribution < -0.4 is 15.8 Å². The van der Waals surface area contributed by atoms with E-state index < -0.39 is 40.8 Å². The summed E-state index contributed by atoms with van der Waals surface area (Å²) in [7, 11) is 0. The van der Waals surface area contributed by atoms with Crippen LogP contribution in [-0.2, 0) is 17.1 Å². The van der Waals surface area contributed by atoms with Crippen LogP contribution in [0.5, 0.6) is 0 Å². The number of alkyl halides is 6. The Hall–Kier alpha value is -3.65. The number of amides is 1. The largest absolute Gasteiger partial charge is 0.423 e. The van der Waals surface area contributed by atoms with E-state index in [1.54, 1.807) is 27.9 Å². The number of hydrogen-bond donors (Lipinski definition) is 2. The van der Waals surface area contributed by atoms with Crippen molar-refractivity contribution in [3.05, 3.63) is 52.2 Å². The quantitative estimate of drug-likeness (QED) is 0.428. The summed E-state index contributed by atoms with van der Waals surface area (Å²) < 4.78 is 77.3. The summed E-state index contributed by atoms with van der Waals surface area (Å²) in [5.41, 5.74) is -4.05. The molecule has 15 heteroatoms. The number of aromatic amines is 1. The van der Waals surface area contributed by atoms with Gasteiger partial charge in [0.15, 0.2) is 0 Å². The van der Waals surface area contributed by atoms with E-state index in [9.17, 15) is 35.9 Å². The topological polar surface area (TPSA) is 107 Å². The Morgan fingerprint density at radius 3 is 2.31 bits per heavy atom. The lowest BCUT2D eigenvalue weighted by atomic mass is 10.1. The third-order valence-electron chi connectivity index (χ3n) is 5.41. The van der Waals surface area contributed by atoms with Crippen molar-refractivity contribution in [3.63, 3.8) is 0 Å². The summed E-state index contributed by atoms with van der Waals surface area (Å²) in [5, 5.41) is 7.80. The highest BCUT2D eigenvalue weighted by atomic mass is 19.4. The molecule has 1 aliphatic heterocycles. The van der Waals surface area contributed by atoms with E-state index in [1.807, 2.05) is 0 Å². The molecule has 1 amide bonds. The summed E-state index contributed by atoms with van der Waals surface area (Å²) in [5.74, 6) is -0.113. The first-order valence-corrected chi connectivity index (χ1v) is 10.9. The van der Waals surface area contributed by atoms with E-state index in [-0.39, 0.29) is 11.9 Å².